The van der Waals surface area contributed by atoms with Gasteiger partial charge in [-0.1, -0.05) is 30.3 Å². The molecular weight excluding hydrogens is 397 g/mol. The van der Waals surface area contributed by atoms with E-state index in [1.54, 1.807) is 24.3 Å². The largest absolute Gasteiger partial charge is 0.489 e. The van der Waals surface area contributed by atoms with Crippen molar-refractivity contribution in [2.24, 2.45) is 0 Å². The fraction of sp³-hybridized carbons (Fsp3) is 0.273. The van der Waals surface area contributed by atoms with E-state index in [0.29, 0.717) is 43.5 Å². The Bertz CT molecular complexity index is 896. The maximum absolute atomic E-state index is 12.5. The predicted molar refractivity (Wildman–Crippen MR) is 106 cm³/mol. The minimum absolute atomic E-state index is 0.338. The number of benzene rings is 2. The average Bonchev–Trinajstić information content (AvgIpc) is 3.20. The molecule has 1 unspecified atom stereocenters. The van der Waals surface area contributed by atoms with Gasteiger partial charge >= 0.3 is 6.18 Å². The van der Waals surface area contributed by atoms with E-state index >= 15 is 0 Å². The Labute approximate surface area is 172 Å². The van der Waals surface area contributed by atoms with Crippen molar-refractivity contribution in [3.63, 3.8) is 0 Å². The van der Waals surface area contributed by atoms with Crippen LogP contribution in [0.15, 0.2) is 66.9 Å². The van der Waals surface area contributed by atoms with Crippen LogP contribution in [0.5, 0.6) is 5.75 Å². The zero-order chi connectivity index (χ0) is 21.6. The van der Waals surface area contributed by atoms with Crippen LogP contribution in [0.3, 0.4) is 0 Å². The number of carbonyl (C=O) groups is 2. The van der Waals surface area contributed by atoms with Crippen molar-refractivity contribution >= 4 is 17.4 Å². The summed E-state index contributed by atoms with van der Waals surface area (Å²) in [5, 5.41) is 2.76. The smallest absolute Gasteiger partial charge is 0.454 e. The third-order valence-electron chi connectivity index (χ3n) is 4.66. The van der Waals surface area contributed by atoms with Crippen molar-refractivity contribution in [1.82, 2.24) is 4.90 Å². The molecule has 8 heteroatoms. The number of ketones is 1. The second kappa shape index (κ2) is 9.47. The number of hydrogen-bond donors (Lipinski definition) is 1. The Kier molecular flexibility index (Phi) is 6.76. The molecule has 158 valence electrons. The molecular formula is C22H21F3N2O3. The van der Waals surface area contributed by atoms with Gasteiger partial charge in [0.15, 0.2) is 0 Å². The molecule has 0 spiro atoms. The Hall–Kier alpha value is -3.29. The summed E-state index contributed by atoms with van der Waals surface area (Å²) in [5.41, 5.74) is 1.59. The third kappa shape index (κ3) is 5.85. The molecule has 30 heavy (non-hydrogen) atoms. The summed E-state index contributed by atoms with van der Waals surface area (Å²) in [5.74, 6) is -1.64. The van der Waals surface area contributed by atoms with Gasteiger partial charge in [0.1, 0.15) is 18.4 Å². The van der Waals surface area contributed by atoms with Gasteiger partial charge in [0.25, 0.3) is 5.78 Å². The second-order valence-electron chi connectivity index (χ2n) is 6.86. The first-order valence-corrected chi connectivity index (χ1v) is 9.46. The number of hydrogen-bond acceptors (Lipinski definition) is 4. The number of rotatable bonds is 7. The molecule has 2 aromatic rings. The van der Waals surface area contributed by atoms with Crippen LogP contribution in [0.25, 0.3) is 0 Å². The molecule has 1 saturated heterocycles. The lowest BCUT2D eigenvalue weighted by atomic mass is 10.2. The standard InChI is InChI=1S/C22H21F3N2O3/c23-22(24,25)20(28)12-14-27-13-4-7-19(27)21(29)26-17-8-10-18(11-9-17)30-15-16-5-2-1-3-6-16/h1-3,5-6,8-12,14,19H,4,7,13,15H2,(H,26,29)/b14-12+. The van der Waals surface area contributed by atoms with Gasteiger partial charge in [-0.2, -0.15) is 13.2 Å². The summed E-state index contributed by atoms with van der Waals surface area (Å²) >= 11 is 0. The lowest BCUT2D eigenvalue weighted by molar-refractivity contribution is -0.165. The van der Waals surface area contributed by atoms with Crippen LogP contribution in [-0.2, 0) is 16.2 Å². The number of likely N-dealkylation sites (tertiary alicyclic amines) is 1. The van der Waals surface area contributed by atoms with Gasteiger partial charge in [-0.15, -0.1) is 0 Å². The SMILES string of the molecule is O=C(Nc1ccc(OCc2ccccc2)cc1)C1CCCN1/C=C/C(=O)C(F)(F)F. The monoisotopic (exact) mass is 418 g/mol. The van der Waals surface area contributed by atoms with Crippen LogP contribution >= 0.6 is 0 Å². The number of anilines is 1. The molecule has 1 N–H and O–H groups in total. The van der Waals surface area contributed by atoms with E-state index in [9.17, 15) is 22.8 Å². The quantitative estimate of drug-likeness (QED) is 0.681. The molecule has 5 nitrogen and oxygen atoms in total. The summed E-state index contributed by atoms with van der Waals surface area (Å²) in [6.45, 7) is 0.832. The zero-order valence-electron chi connectivity index (χ0n) is 16.1. The predicted octanol–water partition coefficient (Wildman–Crippen LogP) is 4.31. The normalized spacial score (nSPS) is 16.6. The first-order chi connectivity index (χ1) is 14.3. The van der Waals surface area contributed by atoms with Crippen molar-refractivity contribution in [2.45, 2.75) is 31.7 Å². The van der Waals surface area contributed by atoms with E-state index in [-0.39, 0.29) is 5.91 Å². The molecule has 0 aliphatic carbocycles. The molecule has 1 amide bonds. The van der Waals surface area contributed by atoms with Gasteiger partial charge in [-0.3, -0.25) is 9.59 Å². The van der Waals surface area contributed by atoms with E-state index < -0.39 is 18.0 Å². The van der Waals surface area contributed by atoms with Crippen molar-refractivity contribution in [3.8, 4) is 5.75 Å². The van der Waals surface area contributed by atoms with Crippen molar-refractivity contribution in [2.75, 3.05) is 11.9 Å². The molecule has 1 atom stereocenters. The topological polar surface area (TPSA) is 58.6 Å². The molecule has 1 aliphatic rings. The summed E-state index contributed by atoms with van der Waals surface area (Å²) in [7, 11) is 0. The van der Waals surface area contributed by atoms with Crippen LogP contribution in [-0.4, -0.2) is 35.4 Å². The Morgan fingerprint density at radius 3 is 2.47 bits per heavy atom. The summed E-state index contributed by atoms with van der Waals surface area (Å²) < 4.78 is 42.7. The fourth-order valence-corrected chi connectivity index (χ4v) is 3.11. The third-order valence-corrected chi connectivity index (χ3v) is 4.66. The van der Waals surface area contributed by atoms with Gasteiger partial charge in [-0.25, -0.2) is 0 Å². The fourth-order valence-electron chi connectivity index (χ4n) is 3.11. The Morgan fingerprint density at radius 2 is 1.80 bits per heavy atom. The number of nitrogens with zero attached hydrogens (tertiary/aromatic N) is 1. The number of alkyl halides is 3. The molecule has 0 saturated carbocycles. The maximum atomic E-state index is 12.5. The van der Waals surface area contributed by atoms with E-state index in [2.05, 4.69) is 5.32 Å². The number of carbonyl (C=O) groups excluding carboxylic acids is 2. The summed E-state index contributed by atoms with van der Waals surface area (Å²) in [6, 6.07) is 15.9. The van der Waals surface area contributed by atoms with Gasteiger partial charge in [0.05, 0.1) is 0 Å². The van der Waals surface area contributed by atoms with Crippen molar-refractivity contribution in [1.29, 1.82) is 0 Å². The van der Waals surface area contributed by atoms with Gasteiger partial charge in [0.2, 0.25) is 5.91 Å². The number of halogens is 3. The first-order valence-electron chi connectivity index (χ1n) is 9.46. The Morgan fingerprint density at radius 1 is 1.10 bits per heavy atom. The van der Waals surface area contributed by atoms with Crippen LogP contribution in [0.2, 0.25) is 0 Å². The lowest BCUT2D eigenvalue weighted by Gasteiger charge is -2.22. The average molecular weight is 418 g/mol. The van der Waals surface area contributed by atoms with Gasteiger partial charge < -0.3 is 15.0 Å². The molecule has 0 bridgehead atoms. The van der Waals surface area contributed by atoms with Gasteiger partial charge in [0, 0.05) is 24.5 Å². The number of ether oxygens (including phenoxy) is 1. The van der Waals surface area contributed by atoms with Crippen LogP contribution in [0.4, 0.5) is 18.9 Å². The number of allylic oxidation sites excluding steroid dienone is 1. The lowest BCUT2D eigenvalue weighted by Crippen LogP contribution is -2.36. The molecule has 1 fully saturated rings. The Balaban J connectivity index is 1.54. The second-order valence-corrected chi connectivity index (χ2v) is 6.86. The highest BCUT2D eigenvalue weighted by atomic mass is 19.4. The number of amides is 1. The highest BCUT2D eigenvalue weighted by molar-refractivity contribution is 5.96. The van der Waals surface area contributed by atoms with E-state index in [1.807, 2.05) is 30.3 Å². The van der Waals surface area contributed by atoms with E-state index in [1.165, 1.54) is 4.90 Å². The molecule has 0 radical (unpaired) electrons. The van der Waals surface area contributed by atoms with Crippen LogP contribution < -0.4 is 10.1 Å². The van der Waals surface area contributed by atoms with Crippen LogP contribution in [0.1, 0.15) is 18.4 Å². The number of nitrogens with one attached hydrogen (secondary N) is 1. The highest BCUT2D eigenvalue weighted by Crippen LogP contribution is 2.22. The summed E-state index contributed by atoms with van der Waals surface area (Å²) in [6.07, 6.45) is -2.26. The van der Waals surface area contributed by atoms with Crippen LogP contribution in [0, 0.1) is 0 Å². The molecule has 0 aromatic heterocycles. The molecule has 1 aliphatic heterocycles. The zero-order valence-corrected chi connectivity index (χ0v) is 16.1. The first kappa shape index (κ1) is 21.4. The minimum Gasteiger partial charge on any atom is -0.489 e. The van der Waals surface area contributed by atoms with Crippen molar-refractivity contribution in [3.05, 3.63) is 72.4 Å². The molecule has 1 heterocycles. The minimum atomic E-state index is -4.92. The van der Waals surface area contributed by atoms with E-state index in [4.69, 9.17) is 4.74 Å². The highest BCUT2D eigenvalue weighted by Gasteiger charge is 2.37. The maximum Gasteiger partial charge on any atom is 0.454 e. The summed E-state index contributed by atoms with van der Waals surface area (Å²) in [4.78, 5) is 25.0. The van der Waals surface area contributed by atoms with Crippen molar-refractivity contribution < 1.29 is 27.5 Å². The van der Waals surface area contributed by atoms with Gasteiger partial charge in [-0.05, 0) is 42.7 Å². The molecule has 2 aromatic carbocycles. The van der Waals surface area contributed by atoms with E-state index in [0.717, 1.165) is 11.8 Å². The molecule has 3 rings (SSSR count).